The minimum atomic E-state index is -0.170. The fourth-order valence-electron chi connectivity index (χ4n) is 1.61. The molecule has 0 radical (unpaired) electrons. The molecule has 0 saturated carbocycles. The summed E-state index contributed by atoms with van der Waals surface area (Å²) in [4.78, 5) is 15.9. The highest BCUT2D eigenvalue weighted by molar-refractivity contribution is 9.10. The van der Waals surface area contributed by atoms with E-state index >= 15 is 0 Å². The Bertz CT molecular complexity index is 565. The van der Waals surface area contributed by atoms with Gasteiger partial charge in [-0.3, -0.25) is 4.79 Å². The van der Waals surface area contributed by atoms with Gasteiger partial charge in [-0.05, 0) is 24.6 Å². The van der Waals surface area contributed by atoms with Crippen LogP contribution in [0, 0.1) is 0 Å². The molecule has 5 heteroatoms. The number of alkyl halides is 1. The van der Waals surface area contributed by atoms with E-state index in [1.54, 1.807) is 0 Å². The molecular weight excluding hydrogens is 296 g/mol. The van der Waals surface area contributed by atoms with Gasteiger partial charge in [-0.15, -0.1) is 0 Å². The number of carbonyl (C=O) groups excluding carboxylic acids is 1. The number of aromatic nitrogens is 1. The SMILES string of the molecule is CCc1nc2cc(NC(=O)C(Br)CC)ccc2o1. The molecule has 1 atom stereocenters. The summed E-state index contributed by atoms with van der Waals surface area (Å²) in [6.45, 7) is 3.94. The van der Waals surface area contributed by atoms with E-state index in [0.29, 0.717) is 5.89 Å². The van der Waals surface area contributed by atoms with E-state index in [-0.39, 0.29) is 10.7 Å². The summed E-state index contributed by atoms with van der Waals surface area (Å²) >= 11 is 3.32. The van der Waals surface area contributed by atoms with Gasteiger partial charge in [0.15, 0.2) is 11.5 Å². The van der Waals surface area contributed by atoms with Crippen molar-refractivity contribution in [2.45, 2.75) is 31.5 Å². The summed E-state index contributed by atoms with van der Waals surface area (Å²) in [5, 5.41) is 2.84. The number of hydrogen-bond acceptors (Lipinski definition) is 3. The fraction of sp³-hybridized carbons (Fsp3) is 0.385. The first-order valence-electron chi connectivity index (χ1n) is 5.98. The highest BCUT2D eigenvalue weighted by atomic mass is 79.9. The van der Waals surface area contributed by atoms with Crippen LogP contribution in [0.3, 0.4) is 0 Å². The van der Waals surface area contributed by atoms with Gasteiger partial charge in [0.25, 0.3) is 0 Å². The Balaban J connectivity index is 2.21. The lowest BCUT2D eigenvalue weighted by molar-refractivity contribution is -0.115. The summed E-state index contributed by atoms with van der Waals surface area (Å²) in [6, 6.07) is 5.47. The lowest BCUT2D eigenvalue weighted by Gasteiger charge is -2.08. The molecule has 1 unspecified atom stereocenters. The normalized spacial score (nSPS) is 12.6. The van der Waals surface area contributed by atoms with Crippen LogP contribution in [0.5, 0.6) is 0 Å². The number of fused-ring (bicyclic) bond motifs is 1. The first-order chi connectivity index (χ1) is 8.63. The fourth-order valence-corrected chi connectivity index (χ4v) is 1.72. The Morgan fingerprint density at radius 2 is 2.28 bits per heavy atom. The molecule has 1 amide bonds. The van der Waals surface area contributed by atoms with Gasteiger partial charge in [-0.1, -0.05) is 29.8 Å². The van der Waals surface area contributed by atoms with Gasteiger partial charge in [0.05, 0.1) is 4.83 Å². The number of rotatable bonds is 4. The van der Waals surface area contributed by atoms with Gasteiger partial charge >= 0.3 is 0 Å². The third-order valence-corrected chi connectivity index (χ3v) is 3.71. The maximum absolute atomic E-state index is 11.7. The molecule has 4 nitrogen and oxygen atoms in total. The largest absolute Gasteiger partial charge is 0.441 e. The van der Waals surface area contributed by atoms with Crippen molar-refractivity contribution in [2.75, 3.05) is 5.32 Å². The second-order valence-corrected chi connectivity index (χ2v) is 5.11. The van der Waals surface area contributed by atoms with Crippen molar-refractivity contribution in [1.82, 2.24) is 4.98 Å². The minimum absolute atomic E-state index is 0.0453. The average Bonchev–Trinajstić information content (AvgIpc) is 2.79. The quantitative estimate of drug-likeness (QED) is 0.879. The zero-order chi connectivity index (χ0) is 13.1. The molecule has 0 spiro atoms. The third kappa shape index (κ3) is 2.72. The number of halogens is 1. The van der Waals surface area contributed by atoms with Crippen LogP contribution in [0.25, 0.3) is 11.1 Å². The van der Waals surface area contributed by atoms with Crippen LogP contribution >= 0.6 is 15.9 Å². The van der Waals surface area contributed by atoms with E-state index in [2.05, 4.69) is 26.2 Å². The number of carbonyl (C=O) groups is 1. The van der Waals surface area contributed by atoms with Gasteiger partial charge in [-0.25, -0.2) is 4.98 Å². The third-order valence-electron chi connectivity index (χ3n) is 2.64. The van der Waals surface area contributed by atoms with Crippen LogP contribution in [0.15, 0.2) is 22.6 Å². The first kappa shape index (κ1) is 13.1. The lowest BCUT2D eigenvalue weighted by Crippen LogP contribution is -2.21. The second-order valence-electron chi connectivity index (χ2n) is 4.01. The minimum Gasteiger partial charge on any atom is -0.441 e. The van der Waals surface area contributed by atoms with Gasteiger partial charge in [0.2, 0.25) is 5.91 Å². The summed E-state index contributed by atoms with van der Waals surface area (Å²) in [6.07, 6.45) is 1.51. The molecule has 0 bridgehead atoms. The molecule has 1 heterocycles. The molecule has 0 fully saturated rings. The van der Waals surface area contributed by atoms with Crippen LogP contribution in [-0.2, 0) is 11.2 Å². The van der Waals surface area contributed by atoms with Crippen molar-refractivity contribution < 1.29 is 9.21 Å². The zero-order valence-corrected chi connectivity index (χ0v) is 12.0. The molecule has 0 aliphatic carbocycles. The second kappa shape index (κ2) is 5.52. The van der Waals surface area contributed by atoms with Crippen molar-refractivity contribution in [2.24, 2.45) is 0 Å². The maximum Gasteiger partial charge on any atom is 0.238 e. The molecule has 18 heavy (non-hydrogen) atoms. The number of amides is 1. The van der Waals surface area contributed by atoms with E-state index in [9.17, 15) is 4.79 Å². The average molecular weight is 311 g/mol. The van der Waals surface area contributed by atoms with E-state index < -0.39 is 0 Å². The predicted molar refractivity (Wildman–Crippen MR) is 75.0 cm³/mol. The molecule has 1 aromatic carbocycles. The van der Waals surface area contributed by atoms with Crippen LogP contribution < -0.4 is 5.32 Å². The van der Waals surface area contributed by atoms with Gasteiger partial charge < -0.3 is 9.73 Å². The van der Waals surface area contributed by atoms with Crippen molar-refractivity contribution in [3.05, 3.63) is 24.1 Å². The standard InChI is InChI=1S/C13H15BrN2O2/c1-3-9(14)13(17)15-8-5-6-11-10(7-8)16-12(4-2)18-11/h5-7,9H,3-4H2,1-2H3,(H,15,17). The van der Waals surface area contributed by atoms with Crippen molar-refractivity contribution >= 4 is 38.6 Å². The van der Waals surface area contributed by atoms with Gasteiger partial charge in [0.1, 0.15) is 5.52 Å². The summed E-state index contributed by atoms with van der Waals surface area (Å²) < 4.78 is 5.51. The summed E-state index contributed by atoms with van der Waals surface area (Å²) in [7, 11) is 0. The monoisotopic (exact) mass is 310 g/mol. The van der Waals surface area contributed by atoms with E-state index in [0.717, 1.165) is 29.6 Å². The van der Waals surface area contributed by atoms with E-state index in [1.807, 2.05) is 32.0 Å². The van der Waals surface area contributed by atoms with Crippen molar-refractivity contribution in [3.63, 3.8) is 0 Å². The topological polar surface area (TPSA) is 55.1 Å². The Morgan fingerprint density at radius 1 is 1.50 bits per heavy atom. The predicted octanol–water partition coefficient (Wildman–Crippen LogP) is 3.50. The highest BCUT2D eigenvalue weighted by Gasteiger charge is 2.13. The molecule has 1 aromatic heterocycles. The molecule has 0 aliphatic heterocycles. The maximum atomic E-state index is 11.7. The highest BCUT2D eigenvalue weighted by Crippen LogP contribution is 2.21. The molecule has 1 N–H and O–H groups in total. The number of anilines is 1. The summed E-state index contributed by atoms with van der Waals surface area (Å²) in [5.41, 5.74) is 2.25. The van der Waals surface area contributed by atoms with Crippen LogP contribution in [0.1, 0.15) is 26.2 Å². The molecule has 2 rings (SSSR count). The molecule has 0 aliphatic rings. The molecule has 96 valence electrons. The van der Waals surface area contributed by atoms with Gasteiger partial charge in [-0.2, -0.15) is 0 Å². The number of nitrogens with zero attached hydrogens (tertiary/aromatic N) is 1. The van der Waals surface area contributed by atoms with Crippen molar-refractivity contribution in [3.8, 4) is 0 Å². The van der Waals surface area contributed by atoms with E-state index in [4.69, 9.17) is 4.42 Å². The number of aryl methyl sites for hydroxylation is 1. The van der Waals surface area contributed by atoms with Crippen LogP contribution in [-0.4, -0.2) is 15.7 Å². The summed E-state index contributed by atoms with van der Waals surface area (Å²) in [5.74, 6) is 0.663. The number of nitrogens with one attached hydrogen (secondary N) is 1. The first-order valence-corrected chi connectivity index (χ1v) is 6.90. The van der Waals surface area contributed by atoms with Crippen LogP contribution in [0.4, 0.5) is 5.69 Å². The smallest absolute Gasteiger partial charge is 0.238 e. The molecular formula is C13H15BrN2O2. The Morgan fingerprint density at radius 3 is 2.94 bits per heavy atom. The molecule has 2 aromatic rings. The Labute approximate surface area is 114 Å². The zero-order valence-electron chi connectivity index (χ0n) is 10.4. The number of hydrogen-bond donors (Lipinski definition) is 1. The Kier molecular flexibility index (Phi) is 4.01. The molecule has 0 saturated heterocycles. The number of oxazole rings is 1. The lowest BCUT2D eigenvalue weighted by atomic mass is 10.2. The van der Waals surface area contributed by atoms with E-state index in [1.165, 1.54) is 0 Å². The van der Waals surface area contributed by atoms with Gasteiger partial charge in [0, 0.05) is 12.1 Å². The van der Waals surface area contributed by atoms with Crippen LogP contribution in [0.2, 0.25) is 0 Å². The van der Waals surface area contributed by atoms with Crippen molar-refractivity contribution in [1.29, 1.82) is 0 Å². The number of benzene rings is 1. The Hall–Kier alpha value is -1.36.